The average Bonchev–Trinajstić information content (AvgIpc) is 2.25. The third-order valence-electron chi connectivity index (χ3n) is 3.30. The Kier molecular flexibility index (Phi) is 5.40. The number of carbonyl (C=O) groups is 1. The van der Waals surface area contributed by atoms with Gasteiger partial charge in [0.15, 0.2) is 0 Å². The molecule has 3 N–H and O–H groups in total. The first-order valence-electron chi connectivity index (χ1n) is 6.69. The van der Waals surface area contributed by atoms with Gasteiger partial charge in [-0.2, -0.15) is 0 Å². The van der Waals surface area contributed by atoms with Crippen LogP contribution in [0.15, 0.2) is 0 Å². The molecule has 0 heterocycles. The fourth-order valence-electron chi connectivity index (χ4n) is 2.63. The molecule has 100 valence electrons. The lowest BCUT2D eigenvalue weighted by Crippen LogP contribution is -2.60. The molecule has 4 nitrogen and oxygen atoms in total. The first-order chi connectivity index (χ1) is 8.00. The summed E-state index contributed by atoms with van der Waals surface area (Å²) in [7, 11) is 0. The lowest BCUT2D eigenvalue weighted by molar-refractivity contribution is -0.128. The third-order valence-corrected chi connectivity index (χ3v) is 3.30. The molecule has 1 fully saturated rings. The molecule has 0 aliphatic heterocycles. The molecular weight excluding hydrogens is 216 g/mol. The second-order valence-corrected chi connectivity index (χ2v) is 5.33. The van der Waals surface area contributed by atoms with Gasteiger partial charge in [0.25, 0.3) is 0 Å². The van der Waals surface area contributed by atoms with E-state index in [-0.39, 0.29) is 18.1 Å². The van der Waals surface area contributed by atoms with Crippen molar-refractivity contribution in [2.45, 2.75) is 70.6 Å². The zero-order valence-electron chi connectivity index (χ0n) is 11.3. The van der Waals surface area contributed by atoms with Crippen LogP contribution in [-0.4, -0.2) is 30.2 Å². The molecule has 0 radical (unpaired) electrons. The van der Waals surface area contributed by atoms with E-state index in [4.69, 9.17) is 10.5 Å². The fraction of sp³-hybridized carbons (Fsp3) is 0.923. The second kappa shape index (κ2) is 6.36. The number of ether oxygens (including phenoxy) is 1. The highest BCUT2D eigenvalue weighted by Gasteiger charge is 2.41. The van der Waals surface area contributed by atoms with Crippen molar-refractivity contribution >= 4 is 5.91 Å². The van der Waals surface area contributed by atoms with Crippen LogP contribution >= 0.6 is 0 Å². The highest BCUT2D eigenvalue weighted by atomic mass is 16.5. The Morgan fingerprint density at radius 1 is 1.59 bits per heavy atom. The van der Waals surface area contributed by atoms with Crippen LogP contribution in [0.1, 0.15) is 52.9 Å². The Balaban J connectivity index is 2.66. The van der Waals surface area contributed by atoms with Crippen LogP contribution in [0.3, 0.4) is 0 Å². The third kappa shape index (κ3) is 3.96. The zero-order valence-corrected chi connectivity index (χ0v) is 11.3. The van der Waals surface area contributed by atoms with Gasteiger partial charge in [0.2, 0.25) is 5.91 Å². The minimum atomic E-state index is -0.565. The summed E-state index contributed by atoms with van der Waals surface area (Å²) in [6.07, 6.45) is 4.75. The summed E-state index contributed by atoms with van der Waals surface area (Å²) in [6.45, 7) is 6.94. The zero-order chi connectivity index (χ0) is 12.9. The number of carbonyl (C=O) groups excluding carboxylic acids is 1. The van der Waals surface area contributed by atoms with Crippen LogP contribution in [0.25, 0.3) is 0 Å². The van der Waals surface area contributed by atoms with Crippen LogP contribution in [0.2, 0.25) is 0 Å². The lowest BCUT2D eigenvalue weighted by Gasteiger charge is -2.40. The monoisotopic (exact) mass is 242 g/mol. The molecule has 1 rings (SSSR count). The Morgan fingerprint density at radius 2 is 2.29 bits per heavy atom. The van der Waals surface area contributed by atoms with Crippen molar-refractivity contribution in [2.24, 2.45) is 5.73 Å². The van der Waals surface area contributed by atoms with Gasteiger partial charge in [-0.05, 0) is 39.5 Å². The second-order valence-electron chi connectivity index (χ2n) is 5.33. The van der Waals surface area contributed by atoms with Crippen LogP contribution in [0.5, 0.6) is 0 Å². The summed E-state index contributed by atoms with van der Waals surface area (Å²) in [5, 5.41) is 3.35. The van der Waals surface area contributed by atoms with Gasteiger partial charge in [-0.25, -0.2) is 0 Å². The highest BCUT2D eigenvalue weighted by Crippen LogP contribution is 2.30. The number of primary amides is 1. The van der Waals surface area contributed by atoms with Gasteiger partial charge in [0.05, 0.1) is 6.10 Å². The van der Waals surface area contributed by atoms with Crippen molar-refractivity contribution in [3.63, 3.8) is 0 Å². The van der Waals surface area contributed by atoms with Gasteiger partial charge in [-0.15, -0.1) is 0 Å². The molecule has 17 heavy (non-hydrogen) atoms. The predicted octanol–water partition coefficient (Wildman–Crippen LogP) is 1.58. The van der Waals surface area contributed by atoms with Crippen LogP contribution in [0.4, 0.5) is 0 Å². The van der Waals surface area contributed by atoms with E-state index in [1.807, 2.05) is 13.8 Å². The summed E-state index contributed by atoms with van der Waals surface area (Å²) in [4.78, 5) is 11.7. The topological polar surface area (TPSA) is 64.3 Å². The van der Waals surface area contributed by atoms with Crippen LogP contribution < -0.4 is 11.1 Å². The molecule has 0 aromatic carbocycles. The minimum Gasteiger partial charge on any atom is -0.378 e. The summed E-state index contributed by atoms with van der Waals surface area (Å²) >= 11 is 0. The van der Waals surface area contributed by atoms with E-state index in [2.05, 4.69) is 12.2 Å². The predicted molar refractivity (Wildman–Crippen MR) is 68.7 cm³/mol. The summed E-state index contributed by atoms with van der Waals surface area (Å²) in [6, 6.07) is 0.257. The summed E-state index contributed by atoms with van der Waals surface area (Å²) in [5.41, 5.74) is 5.02. The highest BCUT2D eigenvalue weighted by molar-refractivity contribution is 5.84. The van der Waals surface area contributed by atoms with E-state index in [9.17, 15) is 4.79 Å². The number of nitrogens with one attached hydrogen (secondary N) is 1. The summed E-state index contributed by atoms with van der Waals surface area (Å²) < 4.78 is 5.77. The van der Waals surface area contributed by atoms with E-state index in [1.165, 1.54) is 0 Å². The SMILES string of the molecule is CCCOC1CCCC(NC(C)C)(C(N)=O)C1. The van der Waals surface area contributed by atoms with E-state index in [0.29, 0.717) is 6.42 Å². The van der Waals surface area contributed by atoms with Crippen LogP contribution in [0, 0.1) is 0 Å². The van der Waals surface area contributed by atoms with E-state index < -0.39 is 5.54 Å². The number of nitrogens with two attached hydrogens (primary N) is 1. The quantitative estimate of drug-likeness (QED) is 0.743. The maximum absolute atomic E-state index is 11.7. The molecule has 2 unspecified atom stereocenters. The van der Waals surface area contributed by atoms with Gasteiger partial charge in [0, 0.05) is 19.1 Å². The maximum Gasteiger partial charge on any atom is 0.237 e. The Labute approximate surface area is 104 Å². The van der Waals surface area contributed by atoms with Gasteiger partial charge in [-0.3, -0.25) is 4.79 Å². The largest absolute Gasteiger partial charge is 0.378 e. The fourth-order valence-corrected chi connectivity index (χ4v) is 2.63. The van der Waals surface area contributed by atoms with E-state index in [1.54, 1.807) is 0 Å². The van der Waals surface area contributed by atoms with E-state index in [0.717, 1.165) is 32.3 Å². The Morgan fingerprint density at radius 3 is 2.82 bits per heavy atom. The number of amides is 1. The molecule has 0 bridgehead atoms. The molecule has 0 spiro atoms. The molecule has 1 amide bonds. The molecule has 4 heteroatoms. The molecule has 1 aliphatic carbocycles. The lowest BCUT2D eigenvalue weighted by atomic mass is 9.79. The van der Waals surface area contributed by atoms with Crippen molar-refractivity contribution in [2.75, 3.05) is 6.61 Å². The van der Waals surface area contributed by atoms with Gasteiger partial charge >= 0.3 is 0 Å². The molecule has 1 aliphatic rings. The first kappa shape index (κ1) is 14.5. The Bertz CT molecular complexity index is 256. The van der Waals surface area contributed by atoms with Crippen LogP contribution in [-0.2, 0) is 9.53 Å². The molecule has 0 aromatic rings. The number of hydrogen-bond acceptors (Lipinski definition) is 3. The van der Waals surface area contributed by atoms with Crippen molar-refractivity contribution < 1.29 is 9.53 Å². The van der Waals surface area contributed by atoms with Crippen molar-refractivity contribution in [3.05, 3.63) is 0 Å². The van der Waals surface area contributed by atoms with Crippen molar-refractivity contribution in [3.8, 4) is 0 Å². The first-order valence-corrected chi connectivity index (χ1v) is 6.69. The van der Waals surface area contributed by atoms with Gasteiger partial charge in [-0.1, -0.05) is 6.92 Å². The maximum atomic E-state index is 11.7. The molecule has 0 saturated heterocycles. The molecule has 1 saturated carbocycles. The minimum absolute atomic E-state index is 0.169. The van der Waals surface area contributed by atoms with Gasteiger partial charge in [0.1, 0.15) is 5.54 Å². The number of rotatable bonds is 6. The number of hydrogen-bond donors (Lipinski definition) is 2. The molecule has 2 atom stereocenters. The van der Waals surface area contributed by atoms with E-state index >= 15 is 0 Å². The Hall–Kier alpha value is -0.610. The molecule has 0 aromatic heterocycles. The van der Waals surface area contributed by atoms with Gasteiger partial charge < -0.3 is 15.8 Å². The standard InChI is InChI=1S/C13H26N2O2/c1-4-8-17-11-6-5-7-13(9-11,12(14)16)15-10(2)3/h10-11,15H,4-9H2,1-3H3,(H2,14,16). The van der Waals surface area contributed by atoms with Crippen molar-refractivity contribution in [1.82, 2.24) is 5.32 Å². The normalized spacial score (nSPS) is 29.5. The molecular formula is C13H26N2O2. The smallest absolute Gasteiger partial charge is 0.237 e. The summed E-state index contributed by atoms with van der Waals surface area (Å²) in [5.74, 6) is -0.240. The van der Waals surface area contributed by atoms with Crippen molar-refractivity contribution in [1.29, 1.82) is 0 Å². The average molecular weight is 242 g/mol.